The number of pyridine rings is 1. The molecule has 8 heteroatoms. The van der Waals surface area contributed by atoms with E-state index in [4.69, 9.17) is 14.5 Å². The lowest BCUT2D eigenvalue weighted by Gasteiger charge is -2.13. The van der Waals surface area contributed by atoms with E-state index in [2.05, 4.69) is 26.2 Å². The van der Waals surface area contributed by atoms with E-state index in [9.17, 15) is 5.11 Å². The van der Waals surface area contributed by atoms with Gasteiger partial charge in [0.2, 0.25) is 6.79 Å². The van der Waals surface area contributed by atoms with E-state index in [1.165, 1.54) is 0 Å². The van der Waals surface area contributed by atoms with Crippen LogP contribution in [0.25, 0.3) is 22.4 Å². The Kier molecular flexibility index (Phi) is 5.68. The zero-order valence-corrected chi connectivity index (χ0v) is 18.7. The first-order valence-electron chi connectivity index (χ1n) is 10.3. The second kappa shape index (κ2) is 8.92. The summed E-state index contributed by atoms with van der Waals surface area (Å²) in [5, 5.41) is 13.9. The number of anilines is 1. The van der Waals surface area contributed by atoms with Crippen molar-refractivity contribution in [3.63, 3.8) is 0 Å². The highest BCUT2D eigenvalue weighted by Crippen LogP contribution is 2.43. The molecule has 0 bridgehead atoms. The second-order valence-electron chi connectivity index (χ2n) is 7.41. The highest BCUT2D eigenvalue weighted by Gasteiger charge is 2.20. The lowest BCUT2D eigenvalue weighted by molar-refractivity contribution is 0.174. The van der Waals surface area contributed by atoms with Gasteiger partial charge in [-0.2, -0.15) is 0 Å². The number of hydrogen-bond acceptors (Lipinski definition) is 6. The molecule has 162 valence electrons. The molecule has 2 N–H and O–H groups in total. The molecule has 0 unspecified atom stereocenters. The monoisotopic (exact) mass is 492 g/mol. The van der Waals surface area contributed by atoms with Crippen LogP contribution in [0.15, 0.2) is 71.7 Å². The Balaban J connectivity index is 1.49. The number of aromatic nitrogens is 3. The van der Waals surface area contributed by atoms with Gasteiger partial charge in [0.25, 0.3) is 0 Å². The third-order valence-corrected chi connectivity index (χ3v) is 5.72. The lowest BCUT2D eigenvalue weighted by atomic mass is 10.0. The standard InChI is InChI=1S/C24H21BrN4O3/c25-17-5-6-21(30)19(13-17)20-11-16(18-3-1-4-22-24(18)32-15-31-22)12-23(28-20)27-7-2-9-29-10-8-26-14-29/h1,3-6,8,10-14,30H,2,7,9,15H2,(H,27,28). The van der Waals surface area contributed by atoms with E-state index in [0.29, 0.717) is 17.0 Å². The van der Waals surface area contributed by atoms with Gasteiger partial charge in [-0.3, -0.25) is 0 Å². The highest BCUT2D eigenvalue weighted by atomic mass is 79.9. The zero-order valence-electron chi connectivity index (χ0n) is 17.2. The van der Waals surface area contributed by atoms with Crippen LogP contribution in [0.2, 0.25) is 0 Å². The summed E-state index contributed by atoms with van der Waals surface area (Å²) in [6.07, 6.45) is 6.45. The summed E-state index contributed by atoms with van der Waals surface area (Å²) >= 11 is 3.49. The number of nitrogens with one attached hydrogen (secondary N) is 1. The summed E-state index contributed by atoms with van der Waals surface area (Å²) in [6.45, 7) is 1.81. The van der Waals surface area contributed by atoms with Crippen LogP contribution in [0.5, 0.6) is 17.2 Å². The maximum Gasteiger partial charge on any atom is 0.231 e. The van der Waals surface area contributed by atoms with E-state index < -0.39 is 0 Å². The van der Waals surface area contributed by atoms with Gasteiger partial charge in [0.1, 0.15) is 11.6 Å². The van der Waals surface area contributed by atoms with E-state index in [1.807, 2.05) is 53.5 Å². The number of halogens is 1. The van der Waals surface area contributed by atoms with Crippen molar-refractivity contribution in [3.8, 4) is 39.6 Å². The van der Waals surface area contributed by atoms with Gasteiger partial charge in [-0.05, 0) is 48.4 Å². The molecule has 3 heterocycles. The van der Waals surface area contributed by atoms with Gasteiger partial charge in [-0.25, -0.2) is 9.97 Å². The van der Waals surface area contributed by atoms with Gasteiger partial charge in [-0.15, -0.1) is 0 Å². The van der Waals surface area contributed by atoms with Crippen LogP contribution in [-0.4, -0.2) is 33.0 Å². The summed E-state index contributed by atoms with van der Waals surface area (Å²) in [7, 11) is 0. The predicted octanol–water partition coefficient (Wildman–Crippen LogP) is 5.31. The quantitative estimate of drug-likeness (QED) is 0.340. The molecule has 0 atom stereocenters. The number of phenols is 1. The third-order valence-electron chi connectivity index (χ3n) is 5.23. The van der Waals surface area contributed by atoms with Crippen LogP contribution < -0.4 is 14.8 Å². The van der Waals surface area contributed by atoms with Crippen molar-refractivity contribution in [1.82, 2.24) is 14.5 Å². The van der Waals surface area contributed by atoms with E-state index in [0.717, 1.165) is 46.7 Å². The number of aromatic hydroxyl groups is 1. The number of hydrogen-bond donors (Lipinski definition) is 2. The van der Waals surface area contributed by atoms with Crippen LogP contribution in [-0.2, 0) is 6.54 Å². The average Bonchev–Trinajstić information content (AvgIpc) is 3.50. The Morgan fingerprint density at radius 2 is 2.03 bits per heavy atom. The first-order valence-corrected chi connectivity index (χ1v) is 11.1. The maximum atomic E-state index is 10.5. The van der Waals surface area contributed by atoms with Gasteiger partial charge in [0, 0.05) is 41.1 Å². The molecule has 32 heavy (non-hydrogen) atoms. The maximum absolute atomic E-state index is 10.5. The van der Waals surface area contributed by atoms with Crippen molar-refractivity contribution in [2.75, 3.05) is 18.7 Å². The molecule has 1 aliphatic rings. The number of phenolic OH excluding ortho intramolecular Hbond substituents is 1. The lowest BCUT2D eigenvalue weighted by Crippen LogP contribution is -2.07. The van der Waals surface area contributed by atoms with Gasteiger partial charge in [0.15, 0.2) is 11.5 Å². The molecule has 5 rings (SSSR count). The average molecular weight is 493 g/mol. The number of imidazole rings is 1. The number of para-hydroxylation sites is 1. The smallest absolute Gasteiger partial charge is 0.231 e. The highest BCUT2D eigenvalue weighted by molar-refractivity contribution is 9.10. The minimum Gasteiger partial charge on any atom is -0.507 e. The number of aryl methyl sites for hydroxylation is 1. The number of fused-ring (bicyclic) bond motifs is 1. The molecule has 1 aliphatic heterocycles. The van der Waals surface area contributed by atoms with Crippen LogP contribution in [0, 0.1) is 0 Å². The normalized spacial score (nSPS) is 12.2. The van der Waals surface area contributed by atoms with Crippen molar-refractivity contribution in [2.24, 2.45) is 0 Å². The molecule has 0 spiro atoms. The Morgan fingerprint density at radius 1 is 1.09 bits per heavy atom. The molecule has 0 radical (unpaired) electrons. The number of benzene rings is 2. The molecule has 2 aromatic carbocycles. The second-order valence-corrected chi connectivity index (χ2v) is 8.32. The van der Waals surface area contributed by atoms with Crippen molar-refractivity contribution in [2.45, 2.75) is 13.0 Å². The minimum atomic E-state index is 0.168. The number of rotatable bonds is 7. The van der Waals surface area contributed by atoms with Crippen molar-refractivity contribution < 1.29 is 14.6 Å². The predicted molar refractivity (Wildman–Crippen MR) is 126 cm³/mol. The van der Waals surface area contributed by atoms with E-state index in [1.54, 1.807) is 18.3 Å². The molecule has 7 nitrogen and oxygen atoms in total. The fourth-order valence-corrected chi connectivity index (χ4v) is 4.04. The van der Waals surface area contributed by atoms with Crippen molar-refractivity contribution in [3.05, 3.63) is 71.7 Å². The topological polar surface area (TPSA) is 81.4 Å². The number of nitrogens with zero attached hydrogens (tertiary/aromatic N) is 3. The molecule has 0 aliphatic carbocycles. The Bertz CT molecular complexity index is 1240. The Morgan fingerprint density at radius 3 is 2.91 bits per heavy atom. The zero-order chi connectivity index (χ0) is 21.9. The molecule has 0 amide bonds. The first kappa shape index (κ1) is 20.4. The van der Waals surface area contributed by atoms with Gasteiger partial charge < -0.3 is 24.5 Å². The minimum absolute atomic E-state index is 0.168. The molecule has 0 saturated heterocycles. The summed E-state index contributed by atoms with van der Waals surface area (Å²) in [6, 6.07) is 15.1. The Hall–Kier alpha value is -3.52. The van der Waals surface area contributed by atoms with Gasteiger partial charge in [0.05, 0.1) is 12.0 Å². The molecule has 4 aromatic rings. The van der Waals surface area contributed by atoms with Crippen molar-refractivity contribution in [1.29, 1.82) is 0 Å². The molecular formula is C24H21BrN4O3. The van der Waals surface area contributed by atoms with Gasteiger partial charge >= 0.3 is 0 Å². The van der Waals surface area contributed by atoms with Crippen LogP contribution in [0.1, 0.15) is 6.42 Å². The molecule has 2 aromatic heterocycles. The van der Waals surface area contributed by atoms with Crippen LogP contribution in [0.4, 0.5) is 5.82 Å². The van der Waals surface area contributed by atoms with Crippen LogP contribution in [0.3, 0.4) is 0 Å². The fraction of sp³-hybridized carbons (Fsp3) is 0.167. The van der Waals surface area contributed by atoms with Crippen LogP contribution >= 0.6 is 15.9 Å². The fourth-order valence-electron chi connectivity index (χ4n) is 3.68. The summed E-state index contributed by atoms with van der Waals surface area (Å²) in [4.78, 5) is 8.85. The Labute approximate surface area is 193 Å². The third kappa shape index (κ3) is 4.27. The molecule has 0 saturated carbocycles. The number of ether oxygens (including phenoxy) is 2. The summed E-state index contributed by atoms with van der Waals surface area (Å²) in [5.74, 6) is 2.33. The van der Waals surface area contributed by atoms with Crippen molar-refractivity contribution >= 4 is 21.7 Å². The summed E-state index contributed by atoms with van der Waals surface area (Å²) in [5.41, 5.74) is 3.15. The van der Waals surface area contributed by atoms with E-state index in [-0.39, 0.29) is 12.5 Å². The largest absolute Gasteiger partial charge is 0.507 e. The van der Waals surface area contributed by atoms with Gasteiger partial charge in [-0.1, -0.05) is 28.1 Å². The first-order chi connectivity index (χ1) is 15.7. The molecular weight excluding hydrogens is 472 g/mol. The van der Waals surface area contributed by atoms with E-state index >= 15 is 0 Å². The summed E-state index contributed by atoms with van der Waals surface area (Å²) < 4.78 is 14.2. The SMILES string of the molecule is Oc1ccc(Br)cc1-c1cc(-c2cccc3c2OCO3)cc(NCCCn2ccnc2)n1. The molecule has 0 fully saturated rings.